The van der Waals surface area contributed by atoms with E-state index in [1.807, 2.05) is 37.3 Å². The van der Waals surface area contributed by atoms with Gasteiger partial charge in [-0.2, -0.15) is 0 Å². The molecule has 1 saturated heterocycles. The number of benzene rings is 1. The summed E-state index contributed by atoms with van der Waals surface area (Å²) in [5, 5.41) is 0. The molecule has 0 bridgehead atoms. The van der Waals surface area contributed by atoms with Crippen LogP contribution in [0.5, 0.6) is 0 Å². The summed E-state index contributed by atoms with van der Waals surface area (Å²) in [5.41, 5.74) is 0.222. The Morgan fingerprint density at radius 1 is 1.10 bits per heavy atom. The fraction of sp³-hybridized carbons (Fsp3) is 0.500. The Morgan fingerprint density at radius 2 is 1.75 bits per heavy atom. The van der Waals surface area contributed by atoms with Crippen LogP contribution in [0.25, 0.3) is 0 Å². The summed E-state index contributed by atoms with van der Waals surface area (Å²) in [6, 6.07) is 9.44. The highest BCUT2D eigenvalue weighted by molar-refractivity contribution is 6.17. The number of carbonyl (C=O) groups excluding carboxylic acids is 2. The van der Waals surface area contributed by atoms with Gasteiger partial charge in [-0.3, -0.25) is 14.6 Å². The molecule has 2 aliphatic rings. The van der Waals surface area contributed by atoms with E-state index in [4.69, 9.17) is 0 Å². The zero-order valence-corrected chi connectivity index (χ0v) is 11.8. The average molecular weight is 272 g/mol. The molecule has 4 heteroatoms. The number of anilines is 1. The molecule has 1 aromatic rings. The molecule has 1 aliphatic carbocycles. The molecule has 20 heavy (non-hydrogen) atoms. The molecule has 2 fully saturated rings. The summed E-state index contributed by atoms with van der Waals surface area (Å²) in [5.74, 6) is 0.00528. The van der Waals surface area contributed by atoms with E-state index < -0.39 is 5.54 Å². The number of rotatable bonds is 3. The molecule has 1 heterocycles. The van der Waals surface area contributed by atoms with Gasteiger partial charge in [-0.1, -0.05) is 38.0 Å². The summed E-state index contributed by atoms with van der Waals surface area (Å²) >= 11 is 0. The maximum absolute atomic E-state index is 12.8. The van der Waals surface area contributed by atoms with Crippen LogP contribution in [0.1, 0.15) is 39.0 Å². The van der Waals surface area contributed by atoms with Crippen molar-refractivity contribution in [2.75, 3.05) is 11.4 Å². The van der Waals surface area contributed by atoms with Crippen LogP contribution in [0.2, 0.25) is 0 Å². The van der Waals surface area contributed by atoms with E-state index in [1.54, 1.807) is 4.90 Å². The van der Waals surface area contributed by atoms with Crippen molar-refractivity contribution in [3.63, 3.8) is 0 Å². The molecule has 3 amide bonds. The maximum atomic E-state index is 12.8. The van der Waals surface area contributed by atoms with Crippen molar-refractivity contribution in [1.82, 2.24) is 4.90 Å². The lowest BCUT2D eigenvalue weighted by atomic mass is 9.95. The number of hydrogen-bond acceptors (Lipinski definition) is 2. The van der Waals surface area contributed by atoms with Crippen LogP contribution >= 0.6 is 0 Å². The monoisotopic (exact) mass is 272 g/mol. The van der Waals surface area contributed by atoms with E-state index in [-0.39, 0.29) is 11.9 Å². The standard InChI is InChI=1S/C16H20N2O2/c1-2-12-17-14(19)16(10-6-7-11-16)18(15(17)20)13-8-4-3-5-9-13/h3-5,8-9H,2,6-7,10-12H2,1H3. The Morgan fingerprint density at radius 3 is 2.35 bits per heavy atom. The molecule has 1 aliphatic heterocycles. The highest BCUT2D eigenvalue weighted by Gasteiger charge is 2.58. The van der Waals surface area contributed by atoms with Crippen molar-refractivity contribution in [3.8, 4) is 0 Å². The first-order valence-corrected chi connectivity index (χ1v) is 7.42. The van der Waals surface area contributed by atoms with Gasteiger partial charge in [-0.05, 0) is 31.4 Å². The maximum Gasteiger partial charge on any atom is 0.332 e. The second-order valence-corrected chi connectivity index (χ2v) is 5.65. The van der Waals surface area contributed by atoms with Crippen LogP contribution in [0.15, 0.2) is 30.3 Å². The van der Waals surface area contributed by atoms with E-state index in [0.717, 1.165) is 37.8 Å². The van der Waals surface area contributed by atoms with Crippen molar-refractivity contribution in [3.05, 3.63) is 30.3 Å². The number of para-hydroxylation sites is 1. The van der Waals surface area contributed by atoms with Crippen LogP contribution < -0.4 is 4.90 Å². The van der Waals surface area contributed by atoms with Crippen LogP contribution in [-0.2, 0) is 4.79 Å². The van der Waals surface area contributed by atoms with Crippen molar-refractivity contribution < 1.29 is 9.59 Å². The first kappa shape index (κ1) is 13.2. The largest absolute Gasteiger partial charge is 0.332 e. The number of hydrogen-bond donors (Lipinski definition) is 0. The molecule has 106 valence electrons. The third kappa shape index (κ3) is 1.74. The minimum absolute atomic E-state index is 0.00528. The Bertz CT molecular complexity index is 521. The Hall–Kier alpha value is -1.84. The van der Waals surface area contributed by atoms with Gasteiger partial charge in [0, 0.05) is 12.2 Å². The summed E-state index contributed by atoms with van der Waals surface area (Å²) in [7, 11) is 0. The van der Waals surface area contributed by atoms with Gasteiger partial charge in [0.05, 0.1) is 0 Å². The predicted molar refractivity (Wildman–Crippen MR) is 77.5 cm³/mol. The van der Waals surface area contributed by atoms with Crippen molar-refractivity contribution in [2.45, 2.75) is 44.6 Å². The van der Waals surface area contributed by atoms with Crippen LogP contribution in [0.3, 0.4) is 0 Å². The van der Waals surface area contributed by atoms with Gasteiger partial charge in [0.1, 0.15) is 5.54 Å². The molecule has 0 unspecified atom stereocenters. The van der Waals surface area contributed by atoms with E-state index >= 15 is 0 Å². The molecular formula is C16H20N2O2. The van der Waals surface area contributed by atoms with Gasteiger partial charge in [-0.15, -0.1) is 0 Å². The zero-order valence-electron chi connectivity index (χ0n) is 11.8. The van der Waals surface area contributed by atoms with Gasteiger partial charge < -0.3 is 0 Å². The molecule has 0 aromatic heterocycles. The number of urea groups is 1. The van der Waals surface area contributed by atoms with E-state index in [2.05, 4.69) is 0 Å². The highest BCUT2D eigenvalue weighted by atomic mass is 16.2. The normalized spacial score (nSPS) is 21.2. The van der Waals surface area contributed by atoms with Gasteiger partial charge in [0.2, 0.25) is 0 Å². The average Bonchev–Trinajstić information content (AvgIpc) is 3.02. The van der Waals surface area contributed by atoms with E-state index in [9.17, 15) is 9.59 Å². The SMILES string of the molecule is CCCN1C(=O)N(c2ccccc2)C2(CCCC2)C1=O. The first-order valence-electron chi connectivity index (χ1n) is 7.42. The Labute approximate surface area is 119 Å². The lowest BCUT2D eigenvalue weighted by molar-refractivity contribution is -0.130. The summed E-state index contributed by atoms with van der Waals surface area (Å²) in [6.07, 6.45) is 4.40. The fourth-order valence-electron chi connectivity index (χ4n) is 3.49. The highest BCUT2D eigenvalue weighted by Crippen LogP contribution is 2.44. The minimum Gasteiger partial charge on any atom is -0.279 e. The number of carbonyl (C=O) groups is 2. The molecule has 4 nitrogen and oxygen atoms in total. The van der Waals surface area contributed by atoms with Crippen molar-refractivity contribution in [2.24, 2.45) is 0 Å². The molecule has 0 atom stereocenters. The van der Waals surface area contributed by atoms with Gasteiger partial charge in [0.25, 0.3) is 5.91 Å². The minimum atomic E-state index is -0.617. The van der Waals surface area contributed by atoms with Crippen LogP contribution in [0, 0.1) is 0 Å². The van der Waals surface area contributed by atoms with Crippen LogP contribution in [-0.4, -0.2) is 28.9 Å². The Kier molecular flexibility index (Phi) is 3.24. The zero-order chi connectivity index (χ0) is 14.2. The van der Waals surface area contributed by atoms with E-state index in [1.165, 1.54) is 4.90 Å². The van der Waals surface area contributed by atoms with E-state index in [0.29, 0.717) is 6.54 Å². The quantitative estimate of drug-likeness (QED) is 0.793. The summed E-state index contributed by atoms with van der Waals surface area (Å²) in [4.78, 5) is 28.7. The molecule has 3 rings (SSSR count). The molecule has 1 spiro atoms. The van der Waals surface area contributed by atoms with Gasteiger partial charge in [-0.25, -0.2) is 4.79 Å². The number of amides is 3. The predicted octanol–water partition coefficient (Wildman–Crippen LogP) is 3.18. The molecular weight excluding hydrogens is 252 g/mol. The molecule has 1 saturated carbocycles. The fourth-order valence-corrected chi connectivity index (χ4v) is 3.49. The molecule has 1 aromatic carbocycles. The lowest BCUT2D eigenvalue weighted by Gasteiger charge is -2.31. The smallest absolute Gasteiger partial charge is 0.279 e. The number of imide groups is 1. The van der Waals surface area contributed by atoms with Crippen LogP contribution in [0.4, 0.5) is 10.5 Å². The number of nitrogens with zero attached hydrogens (tertiary/aromatic N) is 2. The van der Waals surface area contributed by atoms with Gasteiger partial charge >= 0.3 is 6.03 Å². The topological polar surface area (TPSA) is 40.6 Å². The molecule has 0 N–H and O–H groups in total. The molecule has 0 radical (unpaired) electrons. The second-order valence-electron chi connectivity index (χ2n) is 5.65. The summed E-state index contributed by atoms with van der Waals surface area (Å²) in [6.45, 7) is 2.51. The second kappa shape index (κ2) is 4.93. The third-order valence-electron chi connectivity index (χ3n) is 4.39. The van der Waals surface area contributed by atoms with Crippen molar-refractivity contribution >= 4 is 17.6 Å². The lowest BCUT2D eigenvalue weighted by Crippen LogP contribution is -2.47. The Balaban J connectivity index is 2.05. The first-order chi connectivity index (χ1) is 9.70. The van der Waals surface area contributed by atoms with Gasteiger partial charge in [0.15, 0.2) is 0 Å². The summed E-state index contributed by atoms with van der Waals surface area (Å²) < 4.78 is 0. The third-order valence-corrected chi connectivity index (χ3v) is 4.39. The van der Waals surface area contributed by atoms with Crippen molar-refractivity contribution in [1.29, 1.82) is 0 Å².